The molecule has 39 heavy (non-hydrogen) atoms. The molecule has 0 aliphatic heterocycles. The van der Waals surface area contributed by atoms with Gasteiger partial charge in [0, 0.05) is 0 Å². The van der Waals surface area contributed by atoms with E-state index in [1.54, 1.807) is 18.2 Å². The zero-order valence-electron chi connectivity index (χ0n) is 23.6. The number of aliphatic hydroxyl groups excluding tert-OH is 2. The maximum Gasteiger partial charge on any atom is 0.261 e. The van der Waals surface area contributed by atoms with Crippen molar-refractivity contribution < 1.29 is 19.7 Å². The molecule has 0 aliphatic rings. The quantitative estimate of drug-likeness (QED) is 0.194. The fraction of sp³-hybridized carbons (Fsp3) is 0.294. The van der Waals surface area contributed by atoms with Crippen LogP contribution in [0.3, 0.4) is 0 Å². The van der Waals surface area contributed by atoms with Crippen molar-refractivity contribution in [2.24, 2.45) is 0 Å². The minimum Gasteiger partial charge on any atom is -0.508 e. The zero-order chi connectivity index (χ0) is 28.5. The minimum atomic E-state index is -2.76. The second kappa shape index (κ2) is 13.7. The molecule has 3 rings (SSSR count). The van der Waals surface area contributed by atoms with Crippen molar-refractivity contribution >= 4 is 24.8 Å². The Hall–Kier alpha value is -3.22. The molecule has 1 unspecified atom stereocenters. The molecule has 0 amide bonds. The summed E-state index contributed by atoms with van der Waals surface area (Å²) in [5.41, 5.74) is 3.39. The van der Waals surface area contributed by atoms with E-state index in [0.29, 0.717) is 24.0 Å². The molecule has 0 fully saturated rings. The summed E-state index contributed by atoms with van der Waals surface area (Å²) in [5, 5.41) is 32.6. The van der Waals surface area contributed by atoms with Gasteiger partial charge in [-0.15, -0.1) is 0 Å². The fourth-order valence-electron chi connectivity index (χ4n) is 5.10. The SMILES string of the molecule is C=C(CO[Si](c1ccccc1)(c1ccccc1)C(C)(C)C)/C(=C/CO)C(O)CC/C(C)=C/c1ccc(O)cc1. The second-order valence-corrected chi connectivity index (χ2v) is 15.3. The maximum atomic E-state index is 11.1. The Kier molecular flexibility index (Phi) is 10.7. The highest BCUT2D eigenvalue weighted by Gasteiger charge is 2.50. The summed E-state index contributed by atoms with van der Waals surface area (Å²) < 4.78 is 6.99. The van der Waals surface area contributed by atoms with Crippen LogP contribution in [-0.4, -0.2) is 43.0 Å². The Morgan fingerprint density at radius 3 is 1.95 bits per heavy atom. The molecule has 0 aromatic heterocycles. The van der Waals surface area contributed by atoms with Crippen LogP contribution in [0, 0.1) is 0 Å². The highest BCUT2D eigenvalue weighted by atomic mass is 28.4. The Bertz CT molecular complexity index is 1220. The van der Waals surface area contributed by atoms with Gasteiger partial charge >= 0.3 is 0 Å². The van der Waals surface area contributed by atoms with Gasteiger partial charge in [-0.25, -0.2) is 0 Å². The number of phenolic OH excluding ortho intramolecular Hbond substituents is 1. The Balaban J connectivity index is 1.81. The number of allylic oxidation sites excluding steroid dienone is 1. The average molecular weight is 543 g/mol. The number of hydrogen-bond donors (Lipinski definition) is 3. The first kappa shape index (κ1) is 30.3. The molecule has 206 valence electrons. The first-order chi connectivity index (χ1) is 18.6. The van der Waals surface area contributed by atoms with Gasteiger partial charge in [0.05, 0.1) is 19.3 Å². The van der Waals surface area contributed by atoms with Crippen molar-refractivity contribution in [3.05, 3.63) is 120 Å². The molecule has 1 atom stereocenters. The van der Waals surface area contributed by atoms with E-state index in [2.05, 4.69) is 75.9 Å². The van der Waals surface area contributed by atoms with Gasteiger partial charge in [-0.3, -0.25) is 0 Å². The maximum absolute atomic E-state index is 11.1. The van der Waals surface area contributed by atoms with Crippen molar-refractivity contribution in [1.29, 1.82) is 0 Å². The molecule has 4 nitrogen and oxygen atoms in total. The Morgan fingerprint density at radius 2 is 1.46 bits per heavy atom. The van der Waals surface area contributed by atoms with E-state index in [1.807, 2.05) is 37.3 Å². The van der Waals surface area contributed by atoms with Gasteiger partial charge in [0.25, 0.3) is 8.32 Å². The molecule has 0 radical (unpaired) electrons. The third-order valence-corrected chi connectivity index (χ3v) is 12.1. The summed E-state index contributed by atoms with van der Waals surface area (Å²) >= 11 is 0. The largest absolute Gasteiger partial charge is 0.508 e. The second-order valence-electron chi connectivity index (χ2n) is 11.0. The van der Waals surface area contributed by atoms with Crippen LogP contribution < -0.4 is 10.4 Å². The van der Waals surface area contributed by atoms with Crippen LogP contribution in [-0.2, 0) is 4.43 Å². The van der Waals surface area contributed by atoms with Gasteiger partial charge in [-0.1, -0.05) is 118 Å². The van der Waals surface area contributed by atoms with E-state index >= 15 is 0 Å². The Labute approximate surface area is 234 Å². The number of aliphatic hydroxyl groups is 2. The minimum absolute atomic E-state index is 0.175. The van der Waals surface area contributed by atoms with Gasteiger partial charge < -0.3 is 19.7 Å². The first-order valence-corrected chi connectivity index (χ1v) is 15.4. The van der Waals surface area contributed by atoms with Crippen LogP contribution >= 0.6 is 0 Å². The molecular formula is C34H42O4Si. The molecule has 0 saturated heterocycles. The van der Waals surface area contributed by atoms with Crippen molar-refractivity contribution in [2.45, 2.75) is 51.7 Å². The highest BCUT2D eigenvalue weighted by molar-refractivity contribution is 6.99. The van der Waals surface area contributed by atoms with Gasteiger partial charge in [-0.05, 0) is 64.0 Å². The topological polar surface area (TPSA) is 69.9 Å². The van der Waals surface area contributed by atoms with Crippen molar-refractivity contribution in [3.63, 3.8) is 0 Å². The zero-order valence-corrected chi connectivity index (χ0v) is 24.6. The normalized spacial score (nSPS) is 13.8. The number of hydrogen-bond acceptors (Lipinski definition) is 4. The number of benzene rings is 3. The highest BCUT2D eigenvalue weighted by Crippen LogP contribution is 2.37. The molecule has 0 spiro atoms. The lowest BCUT2D eigenvalue weighted by molar-refractivity contribution is 0.198. The summed E-state index contributed by atoms with van der Waals surface area (Å²) in [5.74, 6) is 0.234. The van der Waals surface area contributed by atoms with Crippen LogP contribution in [0.1, 0.15) is 46.1 Å². The van der Waals surface area contributed by atoms with Gasteiger partial charge in [0.1, 0.15) is 5.75 Å². The van der Waals surface area contributed by atoms with Crippen LogP contribution in [0.2, 0.25) is 5.04 Å². The van der Waals surface area contributed by atoms with Crippen LogP contribution in [0.4, 0.5) is 0 Å². The van der Waals surface area contributed by atoms with Crippen LogP contribution in [0.25, 0.3) is 6.08 Å². The number of phenols is 1. The summed E-state index contributed by atoms with van der Waals surface area (Å²) in [7, 11) is -2.76. The molecule has 0 saturated carbocycles. The summed E-state index contributed by atoms with van der Waals surface area (Å²) in [6, 6.07) is 27.9. The molecular weight excluding hydrogens is 500 g/mol. The lowest BCUT2D eigenvalue weighted by atomic mass is 9.96. The molecule has 5 heteroatoms. The van der Waals surface area contributed by atoms with E-state index in [0.717, 1.165) is 11.1 Å². The third-order valence-electron chi connectivity index (χ3n) is 7.08. The van der Waals surface area contributed by atoms with E-state index in [4.69, 9.17) is 4.43 Å². The molecule has 3 N–H and O–H groups in total. The monoisotopic (exact) mass is 542 g/mol. The lowest BCUT2D eigenvalue weighted by Crippen LogP contribution is -2.66. The van der Waals surface area contributed by atoms with Crippen molar-refractivity contribution in [3.8, 4) is 5.75 Å². The molecule has 0 bridgehead atoms. The predicted molar refractivity (Wildman–Crippen MR) is 165 cm³/mol. The van der Waals surface area contributed by atoms with Crippen LogP contribution in [0.5, 0.6) is 5.75 Å². The summed E-state index contributed by atoms with van der Waals surface area (Å²) in [6.45, 7) is 13.1. The van der Waals surface area contributed by atoms with Gasteiger partial charge in [0.15, 0.2) is 0 Å². The molecule has 0 heterocycles. The average Bonchev–Trinajstić information content (AvgIpc) is 2.92. The smallest absolute Gasteiger partial charge is 0.261 e. The van der Waals surface area contributed by atoms with E-state index in [9.17, 15) is 15.3 Å². The molecule has 3 aromatic carbocycles. The Morgan fingerprint density at radius 1 is 0.923 bits per heavy atom. The summed E-state index contributed by atoms with van der Waals surface area (Å²) in [4.78, 5) is 0. The standard InChI is InChI=1S/C34H42O4Si/c1-26(24-28-17-19-29(36)20-18-28)16-21-33(37)32(22-23-35)27(2)25-38-39(34(3,4)5,30-12-8-6-9-13-30)31-14-10-7-11-15-31/h6-15,17-20,22,24,33,35-37H,2,16,21,23,25H2,1,3-5H3/b26-24+,32-22-. The van der Waals surface area contributed by atoms with Gasteiger partial charge in [-0.2, -0.15) is 0 Å². The fourth-order valence-corrected chi connectivity index (χ4v) is 9.65. The van der Waals surface area contributed by atoms with Gasteiger partial charge in [0.2, 0.25) is 0 Å². The van der Waals surface area contributed by atoms with E-state index in [1.165, 1.54) is 10.4 Å². The van der Waals surface area contributed by atoms with E-state index in [-0.39, 0.29) is 24.0 Å². The van der Waals surface area contributed by atoms with Crippen molar-refractivity contribution in [2.75, 3.05) is 13.2 Å². The number of rotatable bonds is 12. The molecule has 0 aliphatic carbocycles. The lowest BCUT2D eigenvalue weighted by Gasteiger charge is -2.43. The first-order valence-electron chi connectivity index (χ1n) is 13.5. The van der Waals surface area contributed by atoms with Crippen molar-refractivity contribution in [1.82, 2.24) is 0 Å². The van der Waals surface area contributed by atoms with Crippen LogP contribution in [0.15, 0.2) is 114 Å². The number of aromatic hydroxyl groups is 1. The predicted octanol–water partition coefficient (Wildman–Crippen LogP) is 5.99. The summed E-state index contributed by atoms with van der Waals surface area (Å²) in [6.07, 6.45) is 4.07. The third kappa shape index (κ3) is 7.67. The molecule has 3 aromatic rings. The van der Waals surface area contributed by atoms with E-state index < -0.39 is 14.4 Å².